The Morgan fingerprint density at radius 3 is 2.32 bits per heavy atom. The molecule has 0 saturated heterocycles. The number of fused-ring (bicyclic) bond motifs is 1. The zero-order chi connectivity index (χ0) is 24.3. The van der Waals surface area contributed by atoms with E-state index in [0.717, 1.165) is 70.4 Å². The van der Waals surface area contributed by atoms with Gasteiger partial charge in [0.05, 0.1) is 23.7 Å². The van der Waals surface area contributed by atoms with Gasteiger partial charge in [0.15, 0.2) is 0 Å². The molecule has 0 saturated carbocycles. The molecule has 0 radical (unpaired) electrons. The summed E-state index contributed by atoms with van der Waals surface area (Å²) < 4.78 is 59.7. The van der Waals surface area contributed by atoms with E-state index in [9.17, 15) is 22.0 Å². The molecule has 4 rings (SSSR count). The van der Waals surface area contributed by atoms with Gasteiger partial charge in [-0.05, 0) is 91.1 Å². The van der Waals surface area contributed by atoms with Crippen LogP contribution < -0.4 is 14.4 Å². The summed E-state index contributed by atoms with van der Waals surface area (Å²) in [6, 6.07) is 14.5. The zero-order valence-corrected chi connectivity index (χ0v) is 19.3. The Labute approximate surface area is 197 Å². The predicted molar refractivity (Wildman–Crippen MR) is 124 cm³/mol. The van der Waals surface area contributed by atoms with Crippen molar-refractivity contribution in [3.8, 4) is 5.75 Å². The number of hydrogen-bond donors (Lipinski definition) is 1. The second-order valence-electron chi connectivity index (χ2n) is 8.02. The molecule has 1 unspecified atom stereocenters. The number of benzene rings is 3. The van der Waals surface area contributed by atoms with Crippen molar-refractivity contribution in [2.75, 3.05) is 18.0 Å². The van der Waals surface area contributed by atoms with Crippen molar-refractivity contribution in [1.82, 2.24) is 5.32 Å². The second-order valence-corrected chi connectivity index (χ2v) is 9.88. The maximum atomic E-state index is 13.5. The van der Waals surface area contributed by atoms with Crippen molar-refractivity contribution >= 4 is 21.6 Å². The molecule has 0 spiro atoms. The van der Waals surface area contributed by atoms with Crippen LogP contribution in [0.1, 0.15) is 30.0 Å². The number of hydrogen-bond acceptors (Lipinski definition) is 4. The van der Waals surface area contributed by atoms with E-state index in [0.29, 0.717) is 6.42 Å². The van der Waals surface area contributed by atoms with Crippen LogP contribution >= 0.6 is 0 Å². The van der Waals surface area contributed by atoms with Gasteiger partial charge in [0.25, 0.3) is 10.0 Å². The first kappa shape index (κ1) is 23.7. The maximum Gasteiger partial charge on any atom is 0.264 e. The first-order chi connectivity index (χ1) is 16.3. The number of sulfonamides is 1. The largest absolute Gasteiger partial charge is 0.497 e. The topological polar surface area (TPSA) is 75.7 Å². The van der Waals surface area contributed by atoms with E-state index in [4.69, 9.17) is 4.74 Å². The molecule has 1 atom stereocenters. The Morgan fingerprint density at radius 2 is 1.68 bits per heavy atom. The van der Waals surface area contributed by atoms with Gasteiger partial charge in [0, 0.05) is 0 Å². The van der Waals surface area contributed by atoms with Gasteiger partial charge in [-0.1, -0.05) is 6.07 Å². The van der Waals surface area contributed by atoms with Gasteiger partial charge in [-0.15, -0.1) is 0 Å². The Balaban J connectivity index is 1.60. The highest BCUT2D eigenvalue weighted by Gasteiger charge is 2.29. The summed E-state index contributed by atoms with van der Waals surface area (Å²) in [6.07, 6.45) is 2.44. The number of carbonyl (C=O) groups is 1. The van der Waals surface area contributed by atoms with E-state index in [1.807, 2.05) is 18.2 Å². The van der Waals surface area contributed by atoms with Crippen molar-refractivity contribution < 1.29 is 26.7 Å². The van der Waals surface area contributed by atoms with Gasteiger partial charge in [-0.25, -0.2) is 17.2 Å². The fourth-order valence-electron chi connectivity index (χ4n) is 4.09. The monoisotopic (exact) mass is 486 g/mol. The average molecular weight is 487 g/mol. The molecular weight excluding hydrogens is 462 g/mol. The highest BCUT2D eigenvalue weighted by Crippen LogP contribution is 2.32. The number of carbonyl (C=O) groups excluding carboxylic acids is 1. The summed E-state index contributed by atoms with van der Waals surface area (Å²) in [5.41, 5.74) is 2.16. The summed E-state index contributed by atoms with van der Waals surface area (Å²) >= 11 is 0. The molecule has 3 aromatic rings. The number of rotatable bonds is 7. The first-order valence-electron chi connectivity index (χ1n) is 10.8. The molecule has 34 heavy (non-hydrogen) atoms. The number of nitrogens with zero attached hydrogens (tertiary/aromatic N) is 1. The number of nitrogens with one attached hydrogen (secondary N) is 1. The van der Waals surface area contributed by atoms with Gasteiger partial charge >= 0.3 is 0 Å². The van der Waals surface area contributed by atoms with E-state index in [1.165, 1.54) is 12.1 Å². The van der Waals surface area contributed by atoms with Crippen LogP contribution in [0.15, 0.2) is 71.6 Å². The third kappa shape index (κ3) is 5.04. The van der Waals surface area contributed by atoms with Crippen LogP contribution in [0.4, 0.5) is 14.5 Å². The number of amides is 1. The minimum Gasteiger partial charge on any atom is -0.497 e. The Bertz CT molecular complexity index is 1280. The first-order valence-corrected chi connectivity index (χ1v) is 12.2. The van der Waals surface area contributed by atoms with Gasteiger partial charge in [0.1, 0.15) is 23.9 Å². The number of methoxy groups -OCH3 is 1. The van der Waals surface area contributed by atoms with Crippen molar-refractivity contribution in [2.24, 2.45) is 0 Å². The molecule has 0 aromatic heterocycles. The smallest absolute Gasteiger partial charge is 0.264 e. The molecule has 0 bridgehead atoms. The van der Waals surface area contributed by atoms with Gasteiger partial charge in [0.2, 0.25) is 5.91 Å². The Hall–Kier alpha value is -3.46. The van der Waals surface area contributed by atoms with Crippen LogP contribution in [0.2, 0.25) is 0 Å². The van der Waals surface area contributed by atoms with Crippen LogP contribution in [0.25, 0.3) is 0 Å². The van der Waals surface area contributed by atoms with Crippen LogP contribution in [0.5, 0.6) is 5.75 Å². The minimum absolute atomic E-state index is 0.120. The summed E-state index contributed by atoms with van der Waals surface area (Å²) in [4.78, 5) is 12.9. The van der Waals surface area contributed by atoms with Crippen molar-refractivity contribution in [1.29, 1.82) is 0 Å². The molecule has 6 nitrogen and oxygen atoms in total. The molecule has 9 heteroatoms. The predicted octanol–water partition coefficient (Wildman–Crippen LogP) is 4.36. The van der Waals surface area contributed by atoms with Crippen LogP contribution in [0.3, 0.4) is 0 Å². The Morgan fingerprint density at radius 1 is 1.03 bits per heavy atom. The molecule has 3 aromatic carbocycles. The summed E-state index contributed by atoms with van der Waals surface area (Å²) in [5.74, 6) is -0.901. The van der Waals surface area contributed by atoms with E-state index in [-0.39, 0.29) is 16.6 Å². The lowest BCUT2D eigenvalue weighted by Crippen LogP contribution is -2.42. The second kappa shape index (κ2) is 9.80. The van der Waals surface area contributed by atoms with Gasteiger partial charge < -0.3 is 10.1 Å². The van der Waals surface area contributed by atoms with E-state index in [1.54, 1.807) is 7.11 Å². The molecule has 0 fully saturated rings. The highest BCUT2D eigenvalue weighted by atomic mass is 32.2. The quantitative estimate of drug-likeness (QED) is 0.538. The number of aryl methyl sites for hydroxylation is 1. The fourth-order valence-corrected chi connectivity index (χ4v) is 5.52. The fraction of sp³-hybridized carbons (Fsp3) is 0.240. The molecule has 1 amide bonds. The lowest BCUT2D eigenvalue weighted by Gasteiger charge is -2.29. The number of ether oxygens (including phenoxy) is 1. The van der Waals surface area contributed by atoms with Crippen molar-refractivity contribution in [2.45, 2.75) is 30.2 Å². The normalized spacial score (nSPS) is 15.3. The third-order valence-corrected chi connectivity index (χ3v) is 7.59. The van der Waals surface area contributed by atoms with E-state index in [2.05, 4.69) is 5.32 Å². The molecule has 178 valence electrons. The molecular formula is C25H24F2N2O4S. The van der Waals surface area contributed by atoms with Crippen LogP contribution in [0, 0.1) is 11.6 Å². The molecule has 1 aliphatic rings. The third-order valence-electron chi connectivity index (χ3n) is 5.80. The molecule has 1 N–H and O–H groups in total. The number of anilines is 1. The molecule has 0 heterocycles. The number of halogens is 2. The van der Waals surface area contributed by atoms with Gasteiger partial charge in [-0.2, -0.15) is 0 Å². The van der Waals surface area contributed by atoms with Gasteiger partial charge in [-0.3, -0.25) is 9.10 Å². The Kier molecular flexibility index (Phi) is 6.83. The van der Waals surface area contributed by atoms with Crippen molar-refractivity contribution in [3.05, 3.63) is 89.5 Å². The molecule has 0 aliphatic heterocycles. The lowest BCUT2D eigenvalue weighted by atomic mass is 9.87. The standard InChI is InChI=1S/C25H24F2N2O4S/c1-33-21-11-14-23-17(15-21)3-2-4-24(23)28-25(30)16-29(20-9-5-18(26)6-10-20)34(31,32)22-12-7-19(27)8-13-22/h5-15,24H,2-4,16H2,1H3,(H,28,30). The lowest BCUT2D eigenvalue weighted by molar-refractivity contribution is -0.120. The summed E-state index contributed by atoms with van der Waals surface area (Å²) in [5, 5.41) is 2.94. The summed E-state index contributed by atoms with van der Waals surface area (Å²) in [7, 11) is -2.63. The van der Waals surface area contributed by atoms with Crippen LogP contribution in [-0.2, 0) is 21.2 Å². The van der Waals surface area contributed by atoms with Crippen LogP contribution in [-0.4, -0.2) is 28.0 Å². The van der Waals surface area contributed by atoms with Crippen molar-refractivity contribution in [3.63, 3.8) is 0 Å². The SMILES string of the molecule is COc1ccc2c(c1)CCCC2NC(=O)CN(c1ccc(F)cc1)S(=O)(=O)c1ccc(F)cc1. The minimum atomic E-state index is -4.22. The zero-order valence-electron chi connectivity index (χ0n) is 18.5. The summed E-state index contributed by atoms with van der Waals surface area (Å²) in [6.45, 7) is -0.521. The molecule has 1 aliphatic carbocycles. The van der Waals surface area contributed by atoms with E-state index < -0.39 is 34.1 Å². The van der Waals surface area contributed by atoms with E-state index >= 15 is 0 Å². The highest BCUT2D eigenvalue weighted by molar-refractivity contribution is 7.92. The maximum absolute atomic E-state index is 13.5. The average Bonchev–Trinajstić information content (AvgIpc) is 2.83.